The van der Waals surface area contributed by atoms with Crippen LogP contribution >= 0.6 is 0 Å². The fourth-order valence-electron chi connectivity index (χ4n) is 3.12. The summed E-state index contributed by atoms with van der Waals surface area (Å²) in [6.07, 6.45) is 4.29. The monoisotopic (exact) mass is 344 g/mol. The molecule has 0 aromatic carbocycles. The fraction of sp³-hybridized carbons (Fsp3) is 0.471. The van der Waals surface area contributed by atoms with Crippen LogP contribution in [0.4, 0.5) is 11.6 Å². The first-order valence-corrected chi connectivity index (χ1v) is 8.24. The van der Waals surface area contributed by atoms with Gasteiger partial charge in [0, 0.05) is 45.7 Å². The summed E-state index contributed by atoms with van der Waals surface area (Å²) in [6, 6.07) is 5.32. The van der Waals surface area contributed by atoms with E-state index in [-0.39, 0.29) is 18.1 Å². The summed E-state index contributed by atoms with van der Waals surface area (Å²) in [6.45, 7) is 1.16. The Balaban J connectivity index is 1.81. The molecule has 2 atom stereocenters. The number of hydrogen-bond acceptors (Lipinski definition) is 6. The lowest BCUT2D eigenvalue weighted by atomic mass is 10.1. The Morgan fingerprint density at radius 3 is 2.88 bits per heavy atom. The molecule has 0 unspecified atom stereocenters. The average Bonchev–Trinajstić information content (AvgIpc) is 3.20. The number of rotatable bonds is 5. The van der Waals surface area contributed by atoms with E-state index in [1.54, 1.807) is 30.1 Å². The minimum Gasteiger partial charge on any atom is -0.382 e. The molecule has 1 aliphatic rings. The molecule has 0 spiro atoms. The number of nitrogens with two attached hydrogens (primary N) is 1. The van der Waals surface area contributed by atoms with Crippen LogP contribution in [0.1, 0.15) is 16.8 Å². The first-order valence-electron chi connectivity index (χ1n) is 8.24. The molecule has 2 aromatic rings. The molecule has 0 aliphatic carbocycles. The van der Waals surface area contributed by atoms with Crippen molar-refractivity contribution >= 4 is 17.5 Å². The molecule has 0 saturated carbocycles. The molecule has 1 fully saturated rings. The molecule has 1 saturated heterocycles. The van der Waals surface area contributed by atoms with Crippen LogP contribution in [0, 0.1) is 0 Å². The summed E-state index contributed by atoms with van der Waals surface area (Å²) in [5.41, 5.74) is 6.31. The summed E-state index contributed by atoms with van der Waals surface area (Å²) in [4.78, 5) is 21.1. The molecule has 1 amide bonds. The number of nitrogens with zero attached hydrogens (tertiary/aromatic N) is 5. The van der Waals surface area contributed by atoms with Crippen molar-refractivity contribution in [1.29, 1.82) is 0 Å². The normalized spacial score (nSPS) is 20.0. The Morgan fingerprint density at radius 2 is 2.24 bits per heavy atom. The van der Waals surface area contributed by atoms with Crippen molar-refractivity contribution in [3.8, 4) is 0 Å². The van der Waals surface area contributed by atoms with Crippen molar-refractivity contribution in [1.82, 2.24) is 19.7 Å². The molecule has 2 N–H and O–H groups in total. The first kappa shape index (κ1) is 17.2. The zero-order valence-corrected chi connectivity index (χ0v) is 14.8. The van der Waals surface area contributed by atoms with Crippen LogP contribution in [0.2, 0.25) is 0 Å². The fourth-order valence-corrected chi connectivity index (χ4v) is 3.12. The maximum absolute atomic E-state index is 13.1. The number of methoxy groups -OCH3 is 1. The summed E-state index contributed by atoms with van der Waals surface area (Å²) in [7, 11) is 5.48. The second kappa shape index (κ2) is 7.10. The SMILES string of the molecule is CO[C@@H]1C[C@@H](Cn2ccc(N)n2)N(C(=O)c2ccnc(N(C)C)c2)C1. The van der Waals surface area contributed by atoms with Crippen LogP contribution in [0.5, 0.6) is 0 Å². The van der Waals surface area contributed by atoms with E-state index in [1.165, 1.54) is 0 Å². The predicted octanol–water partition coefficient (Wildman–Crippen LogP) is 0.856. The number of carbonyl (C=O) groups excluding carboxylic acids is 1. The van der Waals surface area contributed by atoms with Gasteiger partial charge in [-0.25, -0.2) is 4.98 Å². The Hall–Kier alpha value is -2.61. The molecule has 0 bridgehead atoms. The molecular weight excluding hydrogens is 320 g/mol. The van der Waals surface area contributed by atoms with E-state index in [1.807, 2.05) is 36.2 Å². The summed E-state index contributed by atoms with van der Waals surface area (Å²) in [5, 5.41) is 4.23. The number of nitrogen functional groups attached to an aromatic ring is 1. The number of ether oxygens (including phenoxy) is 1. The van der Waals surface area contributed by atoms with Crippen molar-refractivity contribution in [2.45, 2.75) is 25.1 Å². The Bertz CT molecular complexity index is 744. The molecule has 8 nitrogen and oxygen atoms in total. The largest absolute Gasteiger partial charge is 0.382 e. The van der Waals surface area contributed by atoms with E-state index in [2.05, 4.69) is 10.1 Å². The van der Waals surface area contributed by atoms with Crippen molar-refractivity contribution in [2.75, 3.05) is 38.4 Å². The number of aromatic nitrogens is 3. The second-order valence-electron chi connectivity index (χ2n) is 6.46. The predicted molar refractivity (Wildman–Crippen MR) is 95.4 cm³/mol. The summed E-state index contributed by atoms with van der Waals surface area (Å²) < 4.78 is 7.27. The van der Waals surface area contributed by atoms with E-state index < -0.39 is 0 Å². The number of likely N-dealkylation sites (tertiary alicyclic amines) is 1. The summed E-state index contributed by atoms with van der Waals surface area (Å²) in [5.74, 6) is 1.21. The third kappa shape index (κ3) is 3.74. The number of amides is 1. The average molecular weight is 344 g/mol. The Labute approximate surface area is 147 Å². The van der Waals surface area contributed by atoms with Crippen LogP contribution in [0.25, 0.3) is 0 Å². The molecule has 1 aliphatic heterocycles. The van der Waals surface area contributed by atoms with E-state index in [9.17, 15) is 4.79 Å². The van der Waals surface area contributed by atoms with Gasteiger partial charge in [-0.1, -0.05) is 0 Å². The van der Waals surface area contributed by atoms with Gasteiger partial charge in [0.15, 0.2) is 0 Å². The van der Waals surface area contributed by atoms with Crippen molar-refractivity contribution in [3.05, 3.63) is 36.2 Å². The van der Waals surface area contributed by atoms with E-state index in [0.717, 1.165) is 12.2 Å². The minimum absolute atomic E-state index is 0.00715. The Kier molecular flexibility index (Phi) is 4.89. The van der Waals surface area contributed by atoms with Gasteiger partial charge < -0.3 is 20.3 Å². The van der Waals surface area contributed by atoms with E-state index >= 15 is 0 Å². The molecule has 3 heterocycles. The lowest BCUT2D eigenvalue weighted by molar-refractivity contribution is 0.0679. The third-order valence-electron chi connectivity index (χ3n) is 4.48. The molecule has 0 radical (unpaired) electrons. The van der Waals surface area contributed by atoms with Gasteiger partial charge in [0.1, 0.15) is 11.6 Å². The highest BCUT2D eigenvalue weighted by Crippen LogP contribution is 2.24. The van der Waals surface area contributed by atoms with Crippen molar-refractivity contribution in [3.63, 3.8) is 0 Å². The van der Waals surface area contributed by atoms with Crippen molar-refractivity contribution in [2.24, 2.45) is 0 Å². The zero-order chi connectivity index (χ0) is 18.0. The Morgan fingerprint density at radius 1 is 1.44 bits per heavy atom. The van der Waals surface area contributed by atoms with Crippen LogP contribution in [0.15, 0.2) is 30.6 Å². The van der Waals surface area contributed by atoms with Crippen LogP contribution < -0.4 is 10.6 Å². The molecule has 134 valence electrons. The highest BCUT2D eigenvalue weighted by Gasteiger charge is 2.36. The van der Waals surface area contributed by atoms with Gasteiger partial charge in [-0.15, -0.1) is 0 Å². The van der Waals surface area contributed by atoms with Gasteiger partial charge in [0.25, 0.3) is 5.91 Å². The highest BCUT2D eigenvalue weighted by molar-refractivity contribution is 5.95. The lowest BCUT2D eigenvalue weighted by Crippen LogP contribution is -2.38. The topological polar surface area (TPSA) is 89.5 Å². The third-order valence-corrected chi connectivity index (χ3v) is 4.48. The van der Waals surface area contributed by atoms with Crippen LogP contribution in [-0.4, -0.2) is 65.5 Å². The number of pyridine rings is 1. The zero-order valence-electron chi connectivity index (χ0n) is 14.8. The van der Waals surface area contributed by atoms with Gasteiger partial charge in [-0.3, -0.25) is 9.48 Å². The number of carbonyl (C=O) groups is 1. The quantitative estimate of drug-likeness (QED) is 0.865. The molecule has 2 aromatic heterocycles. The highest BCUT2D eigenvalue weighted by atomic mass is 16.5. The number of anilines is 2. The van der Waals surface area contributed by atoms with Gasteiger partial charge in [-0.2, -0.15) is 5.10 Å². The lowest BCUT2D eigenvalue weighted by Gasteiger charge is -2.25. The van der Waals surface area contributed by atoms with E-state index in [0.29, 0.717) is 24.5 Å². The first-order chi connectivity index (χ1) is 12.0. The van der Waals surface area contributed by atoms with Gasteiger partial charge in [-0.05, 0) is 24.6 Å². The molecule has 25 heavy (non-hydrogen) atoms. The summed E-state index contributed by atoms with van der Waals surface area (Å²) >= 11 is 0. The number of hydrogen-bond donors (Lipinski definition) is 1. The smallest absolute Gasteiger partial charge is 0.254 e. The van der Waals surface area contributed by atoms with Crippen LogP contribution in [0.3, 0.4) is 0 Å². The van der Waals surface area contributed by atoms with Crippen molar-refractivity contribution < 1.29 is 9.53 Å². The second-order valence-corrected chi connectivity index (χ2v) is 6.46. The molecular formula is C17H24N6O2. The maximum Gasteiger partial charge on any atom is 0.254 e. The van der Waals surface area contributed by atoms with Gasteiger partial charge >= 0.3 is 0 Å². The maximum atomic E-state index is 13.1. The molecule has 3 rings (SSSR count). The van der Waals surface area contributed by atoms with Gasteiger partial charge in [0.2, 0.25) is 0 Å². The standard InChI is InChI=1S/C17H24N6O2/c1-21(2)16-8-12(4-6-19-16)17(24)23-11-14(25-3)9-13(23)10-22-7-5-15(18)20-22/h4-8,13-14H,9-11H2,1-3H3,(H2,18,20)/t13-,14+/m0/s1. The molecule has 8 heteroatoms. The van der Waals surface area contributed by atoms with Crippen LogP contribution in [-0.2, 0) is 11.3 Å². The van der Waals surface area contributed by atoms with Gasteiger partial charge in [0.05, 0.1) is 18.7 Å². The van der Waals surface area contributed by atoms with E-state index in [4.69, 9.17) is 10.5 Å². The minimum atomic E-state index is -0.0184.